The molecule has 0 unspecified atom stereocenters. The molecule has 24 heavy (non-hydrogen) atoms. The highest BCUT2D eigenvalue weighted by Gasteiger charge is 2.43. The second-order valence-corrected chi connectivity index (χ2v) is 7.49. The topological polar surface area (TPSA) is 70.4 Å². The van der Waals surface area contributed by atoms with E-state index in [0.717, 1.165) is 24.7 Å². The third-order valence-electron chi connectivity index (χ3n) is 5.32. The van der Waals surface area contributed by atoms with Gasteiger partial charge in [0.1, 0.15) is 5.69 Å². The minimum atomic E-state index is -0.0160. The van der Waals surface area contributed by atoms with Crippen LogP contribution < -0.4 is 5.32 Å². The number of amides is 1. The maximum absolute atomic E-state index is 12.8. The summed E-state index contributed by atoms with van der Waals surface area (Å²) in [5, 5.41) is 17.0. The molecule has 1 aliphatic heterocycles. The Labute approximate surface area is 144 Å². The molecule has 0 radical (unpaired) electrons. The van der Waals surface area contributed by atoms with Gasteiger partial charge >= 0.3 is 0 Å². The van der Waals surface area contributed by atoms with Gasteiger partial charge in [0, 0.05) is 32.2 Å². The van der Waals surface area contributed by atoms with Crippen molar-refractivity contribution < 1.29 is 9.90 Å². The van der Waals surface area contributed by atoms with E-state index in [9.17, 15) is 9.90 Å². The van der Waals surface area contributed by atoms with Crippen molar-refractivity contribution in [1.29, 1.82) is 0 Å². The van der Waals surface area contributed by atoms with E-state index in [1.54, 1.807) is 4.68 Å². The third kappa shape index (κ3) is 3.64. The first-order valence-corrected chi connectivity index (χ1v) is 9.25. The number of aliphatic hydroxyl groups excluding tert-OH is 1. The molecule has 1 aromatic rings. The Morgan fingerprint density at radius 1 is 1.42 bits per heavy atom. The van der Waals surface area contributed by atoms with Crippen LogP contribution in [0.5, 0.6) is 0 Å². The van der Waals surface area contributed by atoms with E-state index in [1.807, 2.05) is 13.0 Å². The first-order valence-electron chi connectivity index (χ1n) is 9.25. The zero-order chi connectivity index (χ0) is 17.3. The molecule has 6 heteroatoms. The number of hydrogen-bond donors (Lipinski definition) is 2. The van der Waals surface area contributed by atoms with Gasteiger partial charge in [-0.25, -0.2) is 0 Å². The van der Waals surface area contributed by atoms with Crippen LogP contribution >= 0.6 is 0 Å². The van der Waals surface area contributed by atoms with Crippen LogP contribution in [0.2, 0.25) is 0 Å². The molecule has 2 fully saturated rings. The normalized spacial score (nSPS) is 24.7. The van der Waals surface area contributed by atoms with Crippen LogP contribution in [0.1, 0.15) is 55.7 Å². The maximum atomic E-state index is 12.8. The molecule has 1 saturated heterocycles. The average Bonchev–Trinajstić information content (AvgIpc) is 3.16. The number of β-amino-alcohol motifs (C(OH)–C–C–N with tert-alkyl or cyclic N) is 1. The van der Waals surface area contributed by atoms with E-state index in [4.69, 9.17) is 0 Å². The average molecular weight is 334 g/mol. The van der Waals surface area contributed by atoms with Crippen LogP contribution in [0.4, 0.5) is 0 Å². The Balaban J connectivity index is 1.71. The lowest BCUT2D eigenvalue weighted by Gasteiger charge is -2.19. The van der Waals surface area contributed by atoms with Gasteiger partial charge in [-0.05, 0) is 43.6 Å². The quantitative estimate of drug-likeness (QED) is 0.792. The molecule has 0 bridgehead atoms. The number of nitrogens with zero attached hydrogens (tertiary/aromatic N) is 3. The molecule has 2 heterocycles. The number of hydrogen-bond acceptors (Lipinski definition) is 4. The molecule has 2 N–H and O–H groups in total. The summed E-state index contributed by atoms with van der Waals surface area (Å²) in [6.45, 7) is 9.60. The lowest BCUT2D eigenvalue weighted by atomic mass is 9.98. The lowest BCUT2D eigenvalue weighted by Crippen LogP contribution is -2.42. The molecule has 0 aromatic carbocycles. The second-order valence-electron chi connectivity index (χ2n) is 7.49. The highest BCUT2D eigenvalue weighted by Crippen LogP contribution is 2.41. The summed E-state index contributed by atoms with van der Waals surface area (Å²) in [6, 6.07) is 2.11. The lowest BCUT2D eigenvalue weighted by molar-refractivity contribution is 0.0917. The third-order valence-corrected chi connectivity index (χ3v) is 5.32. The Morgan fingerprint density at radius 2 is 2.17 bits per heavy atom. The van der Waals surface area contributed by atoms with E-state index in [1.165, 1.54) is 12.8 Å². The van der Waals surface area contributed by atoms with E-state index < -0.39 is 0 Å². The van der Waals surface area contributed by atoms with Gasteiger partial charge < -0.3 is 10.4 Å². The van der Waals surface area contributed by atoms with Crippen molar-refractivity contribution in [2.24, 2.45) is 11.8 Å². The number of likely N-dealkylation sites (tertiary alicyclic amines) is 1. The summed E-state index contributed by atoms with van der Waals surface area (Å²) in [5.41, 5.74) is 1.63. The van der Waals surface area contributed by atoms with Gasteiger partial charge in [-0.1, -0.05) is 13.8 Å². The number of rotatable bonds is 7. The Bertz CT molecular complexity index is 580. The molecule has 2 atom stereocenters. The number of carbonyl (C=O) groups is 1. The SMILES string of the molecule is CCn1nc(C(C)C)cc1C(=O)N[C@@H]1CN(CCO)C[C@H]1C1CC1. The molecule has 0 spiro atoms. The number of carbonyl (C=O) groups excluding carboxylic acids is 1. The van der Waals surface area contributed by atoms with Crippen LogP contribution in [0.15, 0.2) is 6.07 Å². The minimum Gasteiger partial charge on any atom is -0.395 e. The zero-order valence-electron chi connectivity index (χ0n) is 15.0. The second kappa shape index (κ2) is 7.23. The predicted molar refractivity (Wildman–Crippen MR) is 93.0 cm³/mol. The van der Waals surface area contributed by atoms with Crippen molar-refractivity contribution >= 4 is 5.91 Å². The first kappa shape index (κ1) is 17.4. The van der Waals surface area contributed by atoms with Crippen molar-refractivity contribution in [3.05, 3.63) is 17.5 Å². The molecule has 134 valence electrons. The monoisotopic (exact) mass is 334 g/mol. The van der Waals surface area contributed by atoms with Crippen molar-refractivity contribution in [3.8, 4) is 0 Å². The van der Waals surface area contributed by atoms with Crippen LogP contribution in [-0.4, -0.2) is 58.0 Å². The molecule has 6 nitrogen and oxygen atoms in total. The highest BCUT2D eigenvalue weighted by atomic mass is 16.3. The summed E-state index contributed by atoms with van der Waals surface area (Å²) in [7, 11) is 0. The van der Waals surface area contributed by atoms with Crippen molar-refractivity contribution in [2.75, 3.05) is 26.2 Å². The Hall–Kier alpha value is -1.40. The highest BCUT2D eigenvalue weighted by molar-refractivity contribution is 5.93. The van der Waals surface area contributed by atoms with Gasteiger partial charge in [-0.3, -0.25) is 14.4 Å². The summed E-state index contributed by atoms with van der Waals surface area (Å²) < 4.78 is 1.80. The number of aromatic nitrogens is 2. The fraction of sp³-hybridized carbons (Fsp3) is 0.778. The molecule has 1 saturated carbocycles. The predicted octanol–water partition coefficient (Wildman–Crippen LogP) is 1.46. The van der Waals surface area contributed by atoms with Gasteiger partial charge in [0.25, 0.3) is 5.91 Å². The van der Waals surface area contributed by atoms with Crippen LogP contribution in [-0.2, 0) is 6.54 Å². The fourth-order valence-electron chi connectivity index (χ4n) is 3.78. The van der Waals surface area contributed by atoms with Crippen molar-refractivity contribution in [1.82, 2.24) is 20.0 Å². The van der Waals surface area contributed by atoms with Crippen LogP contribution in [0, 0.1) is 11.8 Å². The molecular formula is C18H30N4O2. The Morgan fingerprint density at radius 3 is 2.75 bits per heavy atom. The summed E-state index contributed by atoms with van der Waals surface area (Å²) in [6.07, 6.45) is 2.54. The number of aliphatic hydroxyl groups is 1. The van der Waals surface area contributed by atoms with Crippen molar-refractivity contribution in [2.45, 2.75) is 52.1 Å². The van der Waals surface area contributed by atoms with Crippen molar-refractivity contribution in [3.63, 3.8) is 0 Å². The molecule has 1 aliphatic carbocycles. The van der Waals surface area contributed by atoms with Gasteiger partial charge in [0.05, 0.1) is 12.3 Å². The first-order chi connectivity index (χ1) is 11.5. The molecule has 3 rings (SSSR count). The molecule has 2 aliphatic rings. The number of nitrogens with one attached hydrogen (secondary N) is 1. The Kier molecular flexibility index (Phi) is 5.25. The fourth-order valence-corrected chi connectivity index (χ4v) is 3.78. The van der Waals surface area contributed by atoms with Gasteiger partial charge in [-0.2, -0.15) is 5.10 Å². The van der Waals surface area contributed by atoms with E-state index >= 15 is 0 Å². The summed E-state index contributed by atoms with van der Waals surface area (Å²) in [4.78, 5) is 15.1. The minimum absolute atomic E-state index is 0.0160. The number of aryl methyl sites for hydroxylation is 1. The summed E-state index contributed by atoms with van der Waals surface area (Å²) in [5.74, 6) is 1.55. The van der Waals surface area contributed by atoms with E-state index in [-0.39, 0.29) is 18.6 Å². The molecule has 1 amide bonds. The van der Waals surface area contributed by atoms with E-state index in [2.05, 4.69) is 29.2 Å². The van der Waals surface area contributed by atoms with Gasteiger partial charge in [-0.15, -0.1) is 0 Å². The zero-order valence-corrected chi connectivity index (χ0v) is 15.0. The molecule has 1 aromatic heterocycles. The standard InChI is InChI=1S/C18H30N4O2/c1-4-22-17(9-15(20-22)12(2)3)18(24)19-16-11-21(7-8-23)10-14(16)13-5-6-13/h9,12-14,16,23H,4-8,10-11H2,1-3H3,(H,19,24)/t14-,16+/m0/s1. The van der Waals surface area contributed by atoms with Crippen LogP contribution in [0.3, 0.4) is 0 Å². The van der Waals surface area contributed by atoms with Crippen LogP contribution in [0.25, 0.3) is 0 Å². The largest absolute Gasteiger partial charge is 0.395 e. The van der Waals surface area contributed by atoms with Gasteiger partial charge in [0.2, 0.25) is 0 Å². The smallest absolute Gasteiger partial charge is 0.269 e. The maximum Gasteiger partial charge on any atom is 0.269 e. The van der Waals surface area contributed by atoms with Gasteiger partial charge in [0.15, 0.2) is 0 Å². The summed E-state index contributed by atoms with van der Waals surface area (Å²) >= 11 is 0. The van der Waals surface area contributed by atoms with E-state index in [0.29, 0.717) is 30.6 Å². The molecular weight excluding hydrogens is 304 g/mol.